The van der Waals surface area contributed by atoms with Crippen LogP contribution in [0.1, 0.15) is 44.2 Å². The molecular weight excluding hydrogens is 316 g/mol. The third-order valence-corrected chi connectivity index (χ3v) is 4.80. The Balaban J connectivity index is 2.31. The predicted octanol–water partition coefficient (Wildman–Crippen LogP) is 3.07. The first-order chi connectivity index (χ1) is 9.67. The van der Waals surface area contributed by atoms with Crippen LogP contribution in [0.3, 0.4) is 0 Å². The summed E-state index contributed by atoms with van der Waals surface area (Å²) in [5.41, 5.74) is 7.65. The molecular formula is C16H25BrN2O. The van der Waals surface area contributed by atoms with Crippen LogP contribution >= 0.6 is 15.9 Å². The van der Waals surface area contributed by atoms with Crippen molar-refractivity contribution in [2.24, 2.45) is 5.73 Å². The second-order valence-corrected chi connectivity index (χ2v) is 6.56. The van der Waals surface area contributed by atoms with E-state index in [9.17, 15) is 5.11 Å². The summed E-state index contributed by atoms with van der Waals surface area (Å²) in [6, 6.07) is 8.93. The van der Waals surface area contributed by atoms with E-state index in [0.29, 0.717) is 0 Å². The lowest BCUT2D eigenvalue weighted by Crippen LogP contribution is -2.49. The third kappa shape index (κ3) is 3.61. The van der Waals surface area contributed by atoms with Crippen molar-refractivity contribution in [1.29, 1.82) is 0 Å². The minimum Gasteiger partial charge on any atom is -0.395 e. The first-order valence-electron chi connectivity index (χ1n) is 7.55. The van der Waals surface area contributed by atoms with Crippen molar-refractivity contribution in [2.45, 2.75) is 50.7 Å². The second-order valence-electron chi connectivity index (χ2n) is 5.64. The summed E-state index contributed by atoms with van der Waals surface area (Å²) >= 11 is 3.55. The third-order valence-electron chi connectivity index (χ3n) is 4.31. The molecule has 1 aromatic rings. The lowest BCUT2D eigenvalue weighted by Gasteiger charge is -2.43. The minimum absolute atomic E-state index is 0.0939. The zero-order valence-electron chi connectivity index (χ0n) is 12.1. The standard InChI is InChI=1S/C16H25BrN2O/c1-2-15(18)16(12-6-5-7-13(17)10-12)19-9-4-3-8-14(19)11-20/h5-7,10,14-16,20H,2-4,8-9,11,18H2,1H3. The number of likely N-dealkylation sites (tertiary alicyclic amines) is 1. The summed E-state index contributed by atoms with van der Waals surface area (Å²) in [6.07, 6.45) is 4.40. The molecule has 1 saturated heterocycles. The monoisotopic (exact) mass is 340 g/mol. The molecule has 0 aromatic heterocycles. The van der Waals surface area contributed by atoms with Gasteiger partial charge in [-0.2, -0.15) is 0 Å². The van der Waals surface area contributed by atoms with Crippen molar-refractivity contribution >= 4 is 15.9 Å². The Bertz CT molecular complexity index is 427. The van der Waals surface area contributed by atoms with Gasteiger partial charge in [-0.05, 0) is 43.5 Å². The number of aliphatic hydroxyl groups excluding tert-OH is 1. The number of halogens is 1. The SMILES string of the molecule is CCC(N)C(c1cccc(Br)c1)N1CCCCC1CO. The molecule has 0 amide bonds. The second kappa shape index (κ2) is 7.55. The number of hydrogen-bond donors (Lipinski definition) is 2. The first kappa shape index (κ1) is 16.0. The highest BCUT2D eigenvalue weighted by Crippen LogP contribution is 2.32. The molecule has 2 rings (SSSR count). The average molecular weight is 341 g/mol. The highest BCUT2D eigenvalue weighted by Gasteiger charge is 2.32. The van der Waals surface area contributed by atoms with E-state index in [1.54, 1.807) is 0 Å². The van der Waals surface area contributed by atoms with Crippen LogP contribution in [0.4, 0.5) is 0 Å². The van der Waals surface area contributed by atoms with Crippen LogP contribution in [-0.4, -0.2) is 35.2 Å². The van der Waals surface area contributed by atoms with Gasteiger partial charge in [0.15, 0.2) is 0 Å². The average Bonchev–Trinajstić information content (AvgIpc) is 2.48. The van der Waals surface area contributed by atoms with Gasteiger partial charge in [0, 0.05) is 16.6 Å². The van der Waals surface area contributed by atoms with Gasteiger partial charge < -0.3 is 10.8 Å². The molecule has 0 radical (unpaired) electrons. The van der Waals surface area contributed by atoms with Gasteiger partial charge in [-0.1, -0.05) is 41.4 Å². The molecule has 1 aliphatic rings. The maximum Gasteiger partial charge on any atom is 0.0587 e. The van der Waals surface area contributed by atoms with Crippen LogP contribution in [0.2, 0.25) is 0 Å². The number of piperidine rings is 1. The molecule has 0 saturated carbocycles. The molecule has 0 spiro atoms. The summed E-state index contributed by atoms with van der Waals surface area (Å²) < 4.78 is 1.08. The predicted molar refractivity (Wildman–Crippen MR) is 86.6 cm³/mol. The molecule has 0 bridgehead atoms. The van der Waals surface area contributed by atoms with E-state index in [0.717, 1.165) is 23.9 Å². The van der Waals surface area contributed by atoms with Crippen LogP contribution in [0, 0.1) is 0 Å². The molecule has 3 unspecified atom stereocenters. The van der Waals surface area contributed by atoms with E-state index in [1.807, 2.05) is 6.07 Å². The topological polar surface area (TPSA) is 49.5 Å². The molecule has 1 heterocycles. The molecule has 0 aliphatic carbocycles. The summed E-state index contributed by atoms with van der Waals surface area (Å²) in [6.45, 7) is 3.38. The van der Waals surface area contributed by atoms with Gasteiger partial charge in [-0.15, -0.1) is 0 Å². The zero-order valence-corrected chi connectivity index (χ0v) is 13.7. The Morgan fingerprint density at radius 3 is 2.90 bits per heavy atom. The van der Waals surface area contributed by atoms with Crippen molar-refractivity contribution in [2.75, 3.05) is 13.2 Å². The molecule has 4 heteroatoms. The lowest BCUT2D eigenvalue weighted by atomic mass is 9.91. The molecule has 1 fully saturated rings. The van der Waals surface area contributed by atoms with Gasteiger partial charge in [0.1, 0.15) is 0 Å². The number of rotatable bonds is 5. The number of benzene rings is 1. The van der Waals surface area contributed by atoms with Gasteiger partial charge in [0.05, 0.1) is 12.6 Å². The van der Waals surface area contributed by atoms with E-state index < -0.39 is 0 Å². The number of nitrogens with two attached hydrogens (primary N) is 1. The summed E-state index contributed by atoms with van der Waals surface area (Å²) in [5, 5.41) is 9.67. The summed E-state index contributed by atoms with van der Waals surface area (Å²) in [5.74, 6) is 0. The van der Waals surface area contributed by atoms with E-state index in [2.05, 4.69) is 46.0 Å². The smallest absolute Gasteiger partial charge is 0.0587 e. The first-order valence-corrected chi connectivity index (χ1v) is 8.34. The molecule has 3 N–H and O–H groups in total. The quantitative estimate of drug-likeness (QED) is 0.865. The van der Waals surface area contributed by atoms with Gasteiger partial charge in [0.25, 0.3) is 0 Å². The van der Waals surface area contributed by atoms with Crippen LogP contribution < -0.4 is 5.73 Å². The maximum atomic E-state index is 9.67. The Hall–Kier alpha value is -0.420. The van der Waals surface area contributed by atoms with E-state index in [1.165, 1.54) is 18.4 Å². The Kier molecular flexibility index (Phi) is 6.02. The molecule has 112 valence electrons. The minimum atomic E-state index is 0.0939. The highest BCUT2D eigenvalue weighted by atomic mass is 79.9. The van der Waals surface area contributed by atoms with Crippen molar-refractivity contribution in [3.05, 3.63) is 34.3 Å². The molecule has 3 atom stereocenters. The van der Waals surface area contributed by atoms with Crippen LogP contribution in [0.15, 0.2) is 28.7 Å². The summed E-state index contributed by atoms with van der Waals surface area (Å²) in [4.78, 5) is 2.42. The van der Waals surface area contributed by atoms with Crippen LogP contribution in [-0.2, 0) is 0 Å². The van der Waals surface area contributed by atoms with E-state index >= 15 is 0 Å². The normalized spacial score (nSPS) is 23.5. The molecule has 1 aromatic carbocycles. The lowest BCUT2D eigenvalue weighted by molar-refractivity contribution is 0.0416. The number of aliphatic hydroxyl groups is 1. The molecule has 3 nitrogen and oxygen atoms in total. The van der Waals surface area contributed by atoms with Gasteiger partial charge >= 0.3 is 0 Å². The van der Waals surface area contributed by atoms with Crippen molar-refractivity contribution in [3.63, 3.8) is 0 Å². The van der Waals surface area contributed by atoms with E-state index in [-0.39, 0.29) is 24.7 Å². The molecule has 20 heavy (non-hydrogen) atoms. The number of nitrogens with zero attached hydrogens (tertiary/aromatic N) is 1. The largest absolute Gasteiger partial charge is 0.395 e. The Morgan fingerprint density at radius 1 is 1.45 bits per heavy atom. The fourth-order valence-corrected chi connectivity index (χ4v) is 3.60. The van der Waals surface area contributed by atoms with Gasteiger partial charge in [0.2, 0.25) is 0 Å². The van der Waals surface area contributed by atoms with Crippen LogP contribution in [0.25, 0.3) is 0 Å². The maximum absolute atomic E-state index is 9.67. The van der Waals surface area contributed by atoms with Crippen LogP contribution in [0.5, 0.6) is 0 Å². The van der Waals surface area contributed by atoms with Crippen molar-refractivity contribution in [3.8, 4) is 0 Å². The van der Waals surface area contributed by atoms with Crippen molar-refractivity contribution in [1.82, 2.24) is 4.90 Å². The van der Waals surface area contributed by atoms with Gasteiger partial charge in [-0.3, -0.25) is 4.90 Å². The van der Waals surface area contributed by atoms with E-state index in [4.69, 9.17) is 5.73 Å². The van der Waals surface area contributed by atoms with Crippen molar-refractivity contribution < 1.29 is 5.11 Å². The summed E-state index contributed by atoms with van der Waals surface area (Å²) in [7, 11) is 0. The fourth-order valence-electron chi connectivity index (χ4n) is 3.18. The Morgan fingerprint density at radius 2 is 2.25 bits per heavy atom. The highest BCUT2D eigenvalue weighted by molar-refractivity contribution is 9.10. The molecule has 1 aliphatic heterocycles. The Labute approximate surface area is 130 Å². The number of hydrogen-bond acceptors (Lipinski definition) is 3. The zero-order chi connectivity index (χ0) is 14.5. The fraction of sp³-hybridized carbons (Fsp3) is 0.625. The van der Waals surface area contributed by atoms with Gasteiger partial charge in [-0.25, -0.2) is 0 Å².